The topological polar surface area (TPSA) is 9.23 Å². The first-order valence-corrected chi connectivity index (χ1v) is 9.29. The van der Waals surface area contributed by atoms with Crippen molar-refractivity contribution < 1.29 is 4.74 Å². The van der Waals surface area contributed by atoms with Crippen molar-refractivity contribution in [3.8, 4) is 5.75 Å². The van der Waals surface area contributed by atoms with E-state index < -0.39 is 0 Å². The quantitative estimate of drug-likeness (QED) is 0.509. The molecule has 0 N–H and O–H groups in total. The van der Waals surface area contributed by atoms with Crippen molar-refractivity contribution in [3.05, 3.63) is 108 Å². The second-order valence-electron chi connectivity index (χ2n) is 5.93. The van der Waals surface area contributed by atoms with Crippen molar-refractivity contribution in [3.63, 3.8) is 0 Å². The first-order chi connectivity index (χ1) is 12.8. The van der Waals surface area contributed by atoms with Crippen LogP contribution in [0.1, 0.15) is 30.5 Å². The predicted octanol–water partition coefficient (Wildman–Crippen LogP) is 6.59. The second-order valence-corrected chi connectivity index (χ2v) is 5.93. The van der Waals surface area contributed by atoms with Crippen LogP contribution in [0, 0.1) is 0 Å². The Kier molecular flexibility index (Phi) is 8.79. The van der Waals surface area contributed by atoms with E-state index in [1.54, 1.807) is 0 Å². The van der Waals surface area contributed by atoms with Crippen LogP contribution in [0.2, 0.25) is 0 Å². The summed E-state index contributed by atoms with van der Waals surface area (Å²) in [7, 11) is 0. The van der Waals surface area contributed by atoms with E-state index in [1.165, 1.54) is 16.7 Å². The number of benzene rings is 3. The van der Waals surface area contributed by atoms with Gasteiger partial charge in [0.2, 0.25) is 0 Å². The van der Waals surface area contributed by atoms with Crippen LogP contribution in [0.3, 0.4) is 0 Å². The summed E-state index contributed by atoms with van der Waals surface area (Å²) in [6.07, 6.45) is 6.38. The van der Waals surface area contributed by atoms with Crippen LogP contribution >= 0.6 is 0 Å². The standard InChI is InChI=1S/C9H8O.2C8H10/c1-2-6-9-8(4-1)5-3-7-10-9;2*1-2-8-6-4-3-5-7-8/h1-6H,7H2;2*3-7H,2H2,1H3. The summed E-state index contributed by atoms with van der Waals surface area (Å²) in [6, 6.07) is 28.9. The Morgan fingerprint density at radius 2 is 1.15 bits per heavy atom. The van der Waals surface area contributed by atoms with Crippen LogP contribution < -0.4 is 4.74 Å². The molecule has 26 heavy (non-hydrogen) atoms. The fourth-order valence-corrected chi connectivity index (χ4v) is 2.49. The monoisotopic (exact) mass is 344 g/mol. The molecule has 1 nitrogen and oxygen atoms in total. The van der Waals surface area contributed by atoms with Gasteiger partial charge in [-0.2, -0.15) is 0 Å². The van der Waals surface area contributed by atoms with Crippen molar-refractivity contribution in [2.75, 3.05) is 6.61 Å². The molecule has 0 bridgehead atoms. The number of hydrogen-bond acceptors (Lipinski definition) is 1. The molecule has 0 spiro atoms. The molecule has 0 saturated heterocycles. The molecule has 1 heteroatoms. The Hall–Kier alpha value is -2.80. The zero-order valence-corrected chi connectivity index (χ0v) is 15.8. The number of aryl methyl sites for hydroxylation is 2. The fraction of sp³-hybridized carbons (Fsp3) is 0.200. The van der Waals surface area contributed by atoms with Crippen LogP contribution in [0.25, 0.3) is 6.08 Å². The highest BCUT2D eigenvalue weighted by Crippen LogP contribution is 2.21. The lowest BCUT2D eigenvalue weighted by Crippen LogP contribution is -1.98. The highest BCUT2D eigenvalue weighted by Gasteiger charge is 2.01. The normalized spacial score (nSPS) is 11.0. The number of para-hydroxylation sites is 1. The Balaban J connectivity index is 0.000000142. The third kappa shape index (κ3) is 6.98. The molecule has 3 aromatic rings. The molecule has 1 heterocycles. The van der Waals surface area contributed by atoms with Gasteiger partial charge in [0.25, 0.3) is 0 Å². The molecule has 0 amide bonds. The number of ether oxygens (including phenoxy) is 1. The van der Waals surface area contributed by atoms with E-state index in [1.807, 2.05) is 42.5 Å². The summed E-state index contributed by atoms with van der Waals surface area (Å²) >= 11 is 0. The Labute approximate surface area is 158 Å². The molecule has 0 saturated carbocycles. The van der Waals surface area contributed by atoms with E-state index in [2.05, 4.69) is 68.5 Å². The van der Waals surface area contributed by atoms with E-state index in [0.29, 0.717) is 6.61 Å². The number of hydrogen-bond donors (Lipinski definition) is 0. The molecule has 1 aliphatic rings. The molecular weight excluding hydrogens is 316 g/mol. The Bertz CT molecular complexity index is 721. The summed E-state index contributed by atoms with van der Waals surface area (Å²) < 4.78 is 5.34. The van der Waals surface area contributed by atoms with Crippen molar-refractivity contribution in [2.45, 2.75) is 26.7 Å². The Morgan fingerprint density at radius 3 is 1.62 bits per heavy atom. The minimum Gasteiger partial charge on any atom is -0.489 e. The minimum absolute atomic E-state index is 0.705. The van der Waals surface area contributed by atoms with Gasteiger partial charge < -0.3 is 4.74 Å². The molecule has 1 aliphatic heterocycles. The largest absolute Gasteiger partial charge is 0.489 e. The van der Waals surface area contributed by atoms with Gasteiger partial charge in [0, 0.05) is 5.56 Å². The van der Waals surface area contributed by atoms with Crippen LogP contribution in [0.5, 0.6) is 5.75 Å². The zero-order valence-electron chi connectivity index (χ0n) is 15.8. The smallest absolute Gasteiger partial charge is 0.126 e. The summed E-state index contributed by atoms with van der Waals surface area (Å²) in [6.45, 7) is 5.03. The molecule has 4 rings (SSSR count). The molecule has 0 aromatic heterocycles. The lowest BCUT2D eigenvalue weighted by Gasteiger charge is -2.10. The number of rotatable bonds is 2. The highest BCUT2D eigenvalue weighted by molar-refractivity contribution is 5.58. The maximum absolute atomic E-state index is 5.34. The zero-order chi connectivity index (χ0) is 18.5. The van der Waals surface area contributed by atoms with E-state index in [-0.39, 0.29) is 0 Å². The second kappa shape index (κ2) is 11.7. The average Bonchev–Trinajstić information content (AvgIpc) is 2.76. The molecule has 0 atom stereocenters. The van der Waals surface area contributed by atoms with Crippen LogP contribution in [0.15, 0.2) is 91.0 Å². The van der Waals surface area contributed by atoms with E-state index in [4.69, 9.17) is 4.74 Å². The van der Waals surface area contributed by atoms with Crippen molar-refractivity contribution in [2.24, 2.45) is 0 Å². The summed E-state index contributed by atoms with van der Waals surface area (Å²) in [5, 5.41) is 0. The summed E-state index contributed by atoms with van der Waals surface area (Å²) in [5.74, 6) is 0.991. The molecule has 134 valence electrons. The molecule has 0 radical (unpaired) electrons. The van der Waals surface area contributed by atoms with Gasteiger partial charge in [-0.25, -0.2) is 0 Å². The van der Waals surface area contributed by atoms with Gasteiger partial charge in [0.1, 0.15) is 12.4 Å². The van der Waals surface area contributed by atoms with Gasteiger partial charge in [-0.15, -0.1) is 0 Å². The van der Waals surface area contributed by atoms with Gasteiger partial charge in [-0.1, -0.05) is 98.8 Å². The number of fused-ring (bicyclic) bond motifs is 1. The predicted molar refractivity (Wildman–Crippen MR) is 113 cm³/mol. The molecule has 3 aromatic carbocycles. The van der Waals surface area contributed by atoms with Crippen LogP contribution in [-0.4, -0.2) is 6.61 Å². The van der Waals surface area contributed by atoms with Gasteiger partial charge in [0.05, 0.1) is 0 Å². The van der Waals surface area contributed by atoms with Gasteiger partial charge in [-0.3, -0.25) is 0 Å². The first kappa shape index (κ1) is 19.5. The van der Waals surface area contributed by atoms with Gasteiger partial charge in [-0.05, 0) is 36.1 Å². The van der Waals surface area contributed by atoms with Crippen molar-refractivity contribution >= 4 is 6.08 Å². The molecule has 0 fully saturated rings. The van der Waals surface area contributed by atoms with Crippen molar-refractivity contribution in [1.82, 2.24) is 0 Å². The molecule has 0 aliphatic carbocycles. The molecule has 0 unspecified atom stereocenters. The third-order valence-corrected chi connectivity index (χ3v) is 4.05. The summed E-state index contributed by atoms with van der Waals surface area (Å²) in [4.78, 5) is 0. The molecular formula is C25H28O. The minimum atomic E-state index is 0.705. The average molecular weight is 344 g/mol. The lowest BCUT2D eigenvalue weighted by atomic mass is 10.1. The summed E-state index contributed by atoms with van der Waals surface area (Å²) in [5.41, 5.74) is 3.99. The van der Waals surface area contributed by atoms with E-state index >= 15 is 0 Å². The maximum Gasteiger partial charge on any atom is 0.126 e. The fourth-order valence-electron chi connectivity index (χ4n) is 2.49. The van der Waals surface area contributed by atoms with Gasteiger partial charge >= 0.3 is 0 Å². The third-order valence-electron chi connectivity index (χ3n) is 4.05. The first-order valence-electron chi connectivity index (χ1n) is 9.29. The lowest BCUT2D eigenvalue weighted by molar-refractivity contribution is 0.358. The SMILES string of the molecule is C1=Cc2ccccc2OC1.CCc1ccccc1.CCc1ccccc1. The Morgan fingerprint density at radius 1 is 0.654 bits per heavy atom. The van der Waals surface area contributed by atoms with Crippen LogP contribution in [-0.2, 0) is 12.8 Å². The van der Waals surface area contributed by atoms with E-state index in [0.717, 1.165) is 18.6 Å². The van der Waals surface area contributed by atoms with Crippen LogP contribution in [0.4, 0.5) is 0 Å². The maximum atomic E-state index is 5.34. The van der Waals surface area contributed by atoms with Crippen molar-refractivity contribution in [1.29, 1.82) is 0 Å². The van der Waals surface area contributed by atoms with Gasteiger partial charge in [0.15, 0.2) is 0 Å². The van der Waals surface area contributed by atoms with E-state index in [9.17, 15) is 0 Å². The highest BCUT2D eigenvalue weighted by atomic mass is 16.5.